The Bertz CT molecular complexity index is 606. The van der Waals surface area contributed by atoms with Crippen molar-refractivity contribution < 1.29 is 23.8 Å². The van der Waals surface area contributed by atoms with E-state index in [1.54, 1.807) is 32.0 Å². The van der Waals surface area contributed by atoms with Crippen molar-refractivity contribution in [1.29, 1.82) is 0 Å². The van der Waals surface area contributed by atoms with Gasteiger partial charge in [0.05, 0.1) is 12.7 Å². The Balaban J connectivity index is 3.11. The van der Waals surface area contributed by atoms with Crippen LogP contribution in [0, 0.1) is 0 Å². The zero-order chi connectivity index (χ0) is 19.7. The number of ether oxygens (including phenoxy) is 3. The fraction of sp³-hybridized carbons (Fsp3) is 0.600. The van der Waals surface area contributed by atoms with E-state index in [2.05, 4.69) is 5.32 Å². The van der Waals surface area contributed by atoms with Crippen LogP contribution in [-0.4, -0.2) is 36.8 Å². The molecule has 0 aliphatic carbocycles. The van der Waals surface area contributed by atoms with Gasteiger partial charge in [-0.25, -0.2) is 4.79 Å². The van der Waals surface area contributed by atoms with Crippen LogP contribution in [0.4, 0.5) is 5.69 Å². The van der Waals surface area contributed by atoms with E-state index in [9.17, 15) is 9.59 Å². The van der Waals surface area contributed by atoms with E-state index in [0.29, 0.717) is 24.5 Å². The number of rotatable bonds is 10. The van der Waals surface area contributed by atoms with Crippen molar-refractivity contribution >= 4 is 17.6 Å². The average Bonchev–Trinajstić information content (AvgIpc) is 2.56. The van der Waals surface area contributed by atoms with Gasteiger partial charge in [-0.2, -0.15) is 0 Å². The summed E-state index contributed by atoms with van der Waals surface area (Å²) in [4.78, 5) is 24.9. The van der Waals surface area contributed by atoms with Gasteiger partial charge >= 0.3 is 5.97 Å². The highest BCUT2D eigenvalue weighted by molar-refractivity contribution is 5.99. The number of hydrogen-bond acceptors (Lipinski definition) is 5. The molecule has 0 aromatic heterocycles. The van der Waals surface area contributed by atoms with Crippen LogP contribution in [0.2, 0.25) is 0 Å². The van der Waals surface area contributed by atoms with Gasteiger partial charge in [0.25, 0.3) is 5.91 Å². The van der Waals surface area contributed by atoms with Crippen molar-refractivity contribution in [2.75, 3.05) is 18.5 Å². The Labute approximate surface area is 156 Å². The first-order valence-electron chi connectivity index (χ1n) is 9.20. The van der Waals surface area contributed by atoms with Gasteiger partial charge < -0.3 is 19.5 Å². The number of carbonyl (C=O) groups is 2. The van der Waals surface area contributed by atoms with E-state index in [1.807, 2.05) is 27.7 Å². The van der Waals surface area contributed by atoms with E-state index in [0.717, 1.165) is 6.42 Å². The monoisotopic (exact) mass is 365 g/mol. The number of carbonyl (C=O) groups excluding carboxylic acids is 2. The molecule has 0 heterocycles. The second kappa shape index (κ2) is 10.2. The first-order chi connectivity index (χ1) is 12.3. The maximum absolute atomic E-state index is 12.7. The first-order valence-corrected chi connectivity index (χ1v) is 9.20. The minimum Gasteiger partial charge on any atom is -0.490 e. The SMILES string of the molecule is CCC[C@@](C)(OCC)C(=O)Nc1ccc(OC(C)C)c(C(=O)OCC)c1. The lowest BCUT2D eigenvalue weighted by atomic mass is 9.99. The molecule has 1 atom stereocenters. The van der Waals surface area contributed by atoms with Crippen LogP contribution in [-0.2, 0) is 14.3 Å². The zero-order valence-electron chi connectivity index (χ0n) is 16.7. The number of esters is 1. The molecule has 0 bridgehead atoms. The highest BCUT2D eigenvalue weighted by Crippen LogP contribution is 2.27. The molecule has 6 heteroatoms. The van der Waals surface area contributed by atoms with Crippen LogP contribution >= 0.6 is 0 Å². The van der Waals surface area contributed by atoms with Crippen LogP contribution in [0.1, 0.15) is 64.7 Å². The molecule has 0 aliphatic heterocycles. The lowest BCUT2D eigenvalue weighted by Gasteiger charge is -2.28. The van der Waals surface area contributed by atoms with Gasteiger partial charge in [-0.3, -0.25) is 4.79 Å². The van der Waals surface area contributed by atoms with E-state index in [-0.39, 0.29) is 24.2 Å². The summed E-state index contributed by atoms with van der Waals surface area (Å²) in [6, 6.07) is 4.95. The third-order valence-electron chi connectivity index (χ3n) is 3.77. The number of benzene rings is 1. The molecule has 0 saturated heterocycles. The molecule has 1 aromatic rings. The summed E-state index contributed by atoms with van der Waals surface area (Å²) in [6.07, 6.45) is 1.33. The molecule has 0 saturated carbocycles. The van der Waals surface area contributed by atoms with Gasteiger partial charge in [-0.05, 0) is 59.2 Å². The summed E-state index contributed by atoms with van der Waals surface area (Å²) in [5.41, 5.74) is -0.135. The Morgan fingerprint density at radius 2 is 1.85 bits per heavy atom. The molecule has 0 unspecified atom stereocenters. The fourth-order valence-electron chi connectivity index (χ4n) is 2.64. The topological polar surface area (TPSA) is 73.9 Å². The summed E-state index contributed by atoms with van der Waals surface area (Å²) in [5, 5.41) is 2.84. The van der Waals surface area contributed by atoms with Crippen LogP contribution in [0.5, 0.6) is 5.75 Å². The second-order valence-corrected chi connectivity index (χ2v) is 6.47. The third kappa shape index (κ3) is 6.02. The lowest BCUT2D eigenvalue weighted by molar-refractivity contribution is -0.139. The van der Waals surface area contributed by atoms with E-state index in [4.69, 9.17) is 14.2 Å². The van der Waals surface area contributed by atoms with Gasteiger partial charge in [0.1, 0.15) is 16.9 Å². The molecule has 1 aromatic carbocycles. The van der Waals surface area contributed by atoms with Crippen molar-refractivity contribution in [3.05, 3.63) is 23.8 Å². The summed E-state index contributed by atoms with van der Waals surface area (Å²) in [7, 11) is 0. The molecule has 0 radical (unpaired) electrons. The predicted molar refractivity (Wildman–Crippen MR) is 102 cm³/mol. The Morgan fingerprint density at radius 1 is 1.15 bits per heavy atom. The molecule has 26 heavy (non-hydrogen) atoms. The zero-order valence-corrected chi connectivity index (χ0v) is 16.7. The number of anilines is 1. The van der Waals surface area contributed by atoms with Gasteiger partial charge in [0.2, 0.25) is 0 Å². The maximum atomic E-state index is 12.7. The van der Waals surface area contributed by atoms with Crippen molar-refractivity contribution in [3.8, 4) is 5.75 Å². The van der Waals surface area contributed by atoms with Crippen molar-refractivity contribution in [2.45, 2.75) is 66.1 Å². The lowest BCUT2D eigenvalue weighted by Crippen LogP contribution is -2.42. The summed E-state index contributed by atoms with van der Waals surface area (Å²) in [6.45, 7) is 11.8. The molecular formula is C20H31NO5. The molecule has 0 fully saturated rings. The smallest absolute Gasteiger partial charge is 0.341 e. The van der Waals surface area contributed by atoms with Crippen molar-refractivity contribution in [2.24, 2.45) is 0 Å². The molecule has 1 amide bonds. The summed E-state index contributed by atoms with van der Waals surface area (Å²) in [5.74, 6) is -0.300. The quantitative estimate of drug-likeness (QED) is 0.630. The van der Waals surface area contributed by atoms with Gasteiger partial charge in [-0.1, -0.05) is 13.3 Å². The van der Waals surface area contributed by atoms with Crippen LogP contribution in [0.15, 0.2) is 18.2 Å². The van der Waals surface area contributed by atoms with Crippen LogP contribution in [0.3, 0.4) is 0 Å². The van der Waals surface area contributed by atoms with Crippen LogP contribution < -0.4 is 10.1 Å². The third-order valence-corrected chi connectivity index (χ3v) is 3.77. The first kappa shape index (κ1) is 22.0. The number of hydrogen-bond donors (Lipinski definition) is 1. The molecular weight excluding hydrogens is 334 g/mol. The van der Waals surface area contributed by atoms with Crippen LogP contribution in [0.25, 0.3) is 0 Å². The standard InChI is InChI=1S/C20H31NO5/c1-7-12-20(6,25-9-3)19(23)21-15-10-11-17(26-14(4)5)16(13-15)18(22)24-8-2/h10-11,13-14H,7-9,12H2,1-6H3,(H,21,23)/t20-/m1/s1. The summed E-state index contributed by atoms with van der Waals surface area (Å²) >= 11 is 0. The maximum Gasteiger partial charge on any atom is 0.341 e. The molecule has 1 N–H and O–H groups in total. The fourth-order valence-corrected chi connectivity index (χ4v) is 2.64. The molecule has 6 nitrogen and oxygen atoms in total. The van der Waals surface area contributed by atoms with Crippen molar-refractivity contribution in [1.82, 2.24) is 0 Å². The predicted octanol–water partition coefficient (Wildman–Crippen LogP) is 4.18. The minimum atomic E-state index is -0.916. The largest absolute Gasteiger partial charge is 0.490 e. The number of amides is 1. The second-order valence-electron chi connectivity index (χ2n) is 6.47. The molecule has 1 rings (SSSR count). The Morgan fingerprint density at radius 3 is 2.38 bits per heavy atom. The number of nitrogens with one attached hydrogen (secondary N) is 1. The average molecular weight is 365 g/mol. The minimum absolute atomic E-state index is 0.0885. The van der Waals surface area contributed by atoms with E-state index >= 15 is 0 Å². The molecule has 146 valence electrons. The van der Waals surface area contributed by atoms with E-state index in [1.165, 1.54) is 0 Å². The van der Waals surface area contributed by atoms with E-state index < -0.39 is 11.6 Å². The highest BCUT2D eigenvalue weighted by atomic mass is 16.5. The summed E-state index contributed by atoms with van der Waals surface area (Å²) < 4.78 is 16.4. The normalized spacial score (nSPS) is 13.2. The molecule has 0 aliphatic rings. The van der Waals surface area contributed by atoms with Gasteiger partial charge in [0, 0.05) is 12.3 Å². The highest BCUT2D eigenvalue weighted by Gasteiger charge is 2.33. The Hall–Kier alpha value is -2.08. The van der Waals surface area contributed by atoms with Gasteiger partial charge in [0.15, 0.2) is 0 Å². The molecule has 0 spiro atoms. The van der Waals surface area contributed by atoms with Crippen molar-refractivity contribution in [3.63, 3.8) is 0 Å². The van der Waals surface area contributed by atoms with Gasteiger partial charge in [-0.15, -0.1) is 0 Å². The Kier molecular flexibility index (Phi) is 8.58.